The van der Waals surface area contributed by atoms with E-state index in [1.807, 2.05) is 13.8 Å². The van der Waals surface area contributed by atoms with Crippen LogP contribution in [0.25, 0.3) is 0 Å². The molecule has 0 aliphatic rings. The highest BCUT2D eigenvalue weighted by atomic mass is 19.1. The van der Waals surface area contributed by atoms with Gasteiger partial charge in [0.1, 0.15) is 5.82 Å². The molecule has 0 heterocycles. The number of hydrogen-bond acceptors (Lipinski definition) is 2. The molecule has 14 heavy (non-hydrogen) atoms. The summed E-state index contributed by atoms with van der Waals surface area (Å²) in [5.41, 5.74) is 6.36. The molecule has 0 fully saturated rings. The lowest BCUT2D eigenvalue weighted by atomic mass is 9.94. The van der Waals surface area contributed by atoms with Gasteiger partial charge in [-0.1, -0.05) is 12.1 Å². The second-order valence-corrected chi connectivity index (χ2v) is 3.56. The summed E-state index contributed by atoms with van der Waals surface area (Å²) in [5, 5.41) is 0. The maximum absolute atomic E-state index is 12.7. The molecule has 1 aromatic carbocycles. The summed E-state index contributed by atoms with van der Waals surface area (Å²) in [6.45, 7) is 4.86. The maximum atomic E-state index is 12.7. The molecule has 0 aliphatic heterocycles. The Labute approximate surface area is 83.9 Å². The molecular weight excluding hydrogens is 181 g/mol. The molecule has 2 nitrogen and oxygen atoms in total. The van der Waals surface area contributed by atoms with Gasteiger partial charge in [0.2, 0.25) is 0 Å². The van der Waals surface area contributed by atoms with Crippen LogP contribution in [0.4, 0.5) is 4.39 Å². The molecule has 1 rings (SSSR count). The number of ether oxygens (including phenoxy) is 1. The molecule has 0 aliphatic carbocycles. The lowest BCUT2D eigenvalue weighted by Gasteiger charge is -2.24. The minimum absolute atomic E-state index is 0.249. The van der Waals surface area contributed by atoms with Crippen LogP contribution in [0.3, 0.4) is 0 Å². The predicted molar refractivity (Wildman–Crippen MR) is 54.4 cm³/mol. The number of halogens is 1. The largest absolute Gasteiger partial charge is 0.379 e. The normalized spacial score (nSPS) is 15.1. The third-order valence-electron chi connectivity index (χ3n) is 2.11. The van der Waals surface area contributed by atoms with Gasteiger partial charge >= 0.3 is 0 Å². The van der Waals surface area contributed by atoms with Crippen molar-refractivity contribution in [2.75, 3.05) is 13.2 Å². The van der Waals surface area contributed by atoms with Crippen molar-refractivity contribution in [3.8, 4) is 0 Å². The lowest BCUT2D eigenvalue weighted by molar-refractivity contribution is 0.101. The first-order valence-electron chi connectivity index (χ1n) is 4.69. The van der Waals surface area contributed by atoms with Crippen LogP contribution in [0.1, 0.15) is 19.4 Å². The summed E-state index contributed by atoms with van der Waals surface area (Å²) < 4.78 is 17.9. The number of rotatable bonds is 4. The SMILES string of the molecule is CCOCC(C)(N)c1ccc(F)cc1. The Kier molecular flexibility index (Phi) is 3.61. The predicted octanol–water partition coefficient (Wildman–Crippen LogP) is 2.04. The Hall–Kier alpha value is -0.930. The van der Waals surface area contributed by atoms with E-state index in [-0.39, 0.29) is 5.82 Å². The summed E-state index contributed by atoms with van der Waals surface area (Å²) in [4.78, 5) is 0. The molecule has 1 unspecified atom stereocenters. The number of nitrogens with two attached hydrogens (primary N) is 1. The average molecular weight is 197 g/mol. The maximum Gasteiger partial charge on any atom is 0.123 e. The van der Waals surface area contributed by atoms with Crippen molar-refractivity contribution in [3.63, 3.8) is 0 Å². The van der Waals surface area contributed by atoms with Gasteiger partial charge < -0.3 is 10.5 Å². The molecule has 0 amide bonds. The van der Waals surface area contributed by atoms with Crippen LogP contribution in [-0.2, 0) is 10.3 Å². The summed E-state index contributed by atoms with van der Waals surface area (Å²) in [5.74, 6) is -0.249. The summed E-state index contributed by atoms with van der Waals surface area (Å²) >= 11 is 0. The number of benzene rings is 1. The minimum atomic E-state index is -0.552. The third-order valence-corrected chi connectivity index (χ3v) is 2.11. The highest BCUT2D eigenvalue weighted by Gasteiger charge is 2.20. The van der Waals surface area contributed by atoms with E-state index in [2.05, 4.69) is 0 Å². The fraction of sp³-hybridized carbons (Fsp3) is 0.455. The van der Waals surface area contributed by atoms with Gasteiger partial charge in [-0.25, -0.2) is 4.39 Å². The Morgan fingerprint density at radius 2 is 1.93 bits per heavy atom. The van der Waals surface area contributed by atoms with Gasteiger partial charge in [0, 0.05) is 6.61 Å². The second-order valence-electron chi connectivity index (χ2n) is 3.56. The Morgan fingerprint density at radius 3 is 2.43 bits per heavy atom. The highest BCUT2D eigenvalue weighted by Crippen LogP contribution is 2.18. The van der Waals surface area contributed by atoms with Crippen LogP contribution >= 0.6 is 0 Å². The van der Waals surface area contributed by atoms with Gasteiger partial charge in [-0.2, -0.15) is 0 Å². The zero-order chi connectivity index (χ0) is 10.6. The van der Waals surface area contributed by atoms with E-state index >= 15 is 0 Å². The van der Waals surface area contributed by atoms with Gasteiger partial charge in [0.25, 0.3) is 0 Å². The second kappa shape index (κ2) is 4.53. The van der Waals surface area contributed by atoms with E-state index in [1.54, 1.807) is 12.1 Å². The van der Waals surface area contributed by atoms with Crippen molar-refractivity contribution in [1.82, 2.24) is 0 Å². The first-order chi connectivity index (χ1) is 6.56. The van der Waals surface area contributed by atoms with Gasteiger partial charge in [0.15, 0.2) is 0 Å². The van der Waals surface area contributed by atoms with Crippen molar-refractivity contribution in [2.45, 2.75) is 19.4 Å². The number of hydrogen-bond donors (Lipinski definition) is 1. The quantitative estimate of drug-likeness (QED) is 0.801. The minimum Gasteiger partial charge on any atom is -0.379 e. The summed E-state index contributed by atoms with van der Waals surface area (Å²) in [6.07, 6.45) is 0. The molecule has 0 saturated heterocycles. The standard InChI is InChI=1S/C11H16FNO/c1-3-14-8-11(2,13)9-4-6-10(12)7-5-9/h4-7H,3,8,13H2,1-2H3. The zero-order valence-electron chi connectivity index (χ0n) is 8.59. The smallest absolute Gasteiger partial charge is 0.123 e. The van der Waals surface area contributed by atoms with Gasteiger partial charge in [0.05, 0.1) is 12.1 Å². The van der Waals surface area contributed by atoms with Crippen LogP contribution in [0.5, 0.6) is 0 Å². The van der Waals surface area contributed by atoms with Gasteiger partial charge in [-0.3, -0.25) is 0 Å². The Bertz CT molecular complexity index is 282. The fourth-order valence-corrected chi connectivity index (χ4v) is 1.23. The molecule has 2 N–H and O–H groups in total. The molecule has 0 bridgehead atoms. The van der Waals surface area contributed by atoms with Crippen LogP contribution in [-0.4, -0.2) is 13.2 Å². The van der Waals surface area contributed by atoms with Crippen LogP contribution in [0.15, 0.2) is 24.3 Å². The topological polar surface area (TPSA) is 35.2 Å². The Balaban J connectivity index is 2.75. The average Bonchev–Trinajstić information content (AvgIpc) is 2.16. The fourth-order valence-electron chi connectivity index (χ4n) is 1.23. The first-order valence-corrected chi connectivity index (χ1v) is 4.69. The highest BCUT2D eigenvalue weighted by molar-refractivity contribution is 5.23. The first kappa shape index (κ1) is 11.1. The van der Waals surface area contributed by atoms with Gasteiger partial charge in [-0.05, 0) is 31.5 Å². The van der Waals surface area contributed by atoms with E-state index in [0.717, 1.165) is 5.56 Å². The lowest BCUT2D eigenvalue weighted by Crippen LogP contribution is -2.38. The van der Waals surface area contributed by atoms with Crippen LogP contribution < -0.4 is 5.73 Å². The molecule has 0 spiro atoms. The summed E-state index contributed by atoms with van der Waals surface area (Å²) in [6, 6.07) is 6.20. The van der Waals surface area contributed by atoms with Gasteiger partial charge in [-0.15, -0.1) is 0 Å². The van der Waals surface area contributed by atoms with Crippen molar-refractivity contribution >= 4 is 0 Å². The van der Waals surface area contributed by atoms with E-state index in [0.29, 0.717) is 13.2 Å². The van der Waals surface area contributed by atoms with Crippen molar-refractivity contribution in [2.24, 2.45) is 5.73 Å². The molecule has 0 saturated carbocycles. The van der Waals surface area contributed by atoms with Crippen molar-refractivity contribution in [1.29, 1.82) is 0 Å². The van der Waals surface area contributed by atoms with Crippen LogP contribution in [0, 0.1) is 5.82 Å². The Morgan fingerprint density at radius 1 is 1.36 bits per heavy atom. The molecule has 0 aromatic heterocycles. The molecule has 1 aromatic rings. The van der Waals surface area contributed by atoms with Crippen molar-refractivity contribution in [3.05, 3.63) is 35.6 Å². The molecular formula is C11H16FNO. The van der Waals surface area contributed by atoms with Crippen LogP contribution in [0.2, 0.25) is 0 Å². The van der Waals surface area contributed by atoms with E-state index in [1.165, 1.54) is 12.1 Å². The molecule has 0 radical (unpaired) electrons. The molecule has 78 valence electrons. The third kappa shape index (κ3) is 2.79. The monoisotopic (exact) mass is 197 g/mol. The van der Waals surface area contributed by atoms with E-state index in [4.69, 9.17) is 10.5 Å². The van der Waals surface area contributed by atoms with E-state index < -0.39 is 5.54 Å². The van der Waals surface area contributed by atoms with Crippen molar-refractivity contribution < 1.29 is 9.13 Å². The summed E-state index contributed by atoms with van der Waals surface area (Å²) in [7, 11) is 0. The zero-order valence-corrected chi connectivity index (χ0v) is 8.59. The van der Waals surface area contributed by atoms with E-state index in [9.17, 15) is 4.39 Å². The molecule has 1 atom stereocenters. The molecule has 3 heteroatoms.